The van der Waals surface area contributed by atoms with Crippen LogP contribution < -0.4 is 5.32 Å². The maximum absolute atomic E-state index is 11.4. The highest BCUT2D eigenvalue weighted by atomic mass is 32.1. The van der Waals surface area contributed by atoms with Gasteiger partial charge in [-0.15, -0.1) is 0 Å². The number of thiazole rings is 1. The molecular weight excluding hydrogens is 248 g/mol. The average molecular weight is 262 g/mol. The molecule has 2 N–H and O–H groups in total. The summed E-state index contributed by atoms with van der Waals surface area (Å²) >= 11 is 1.45. The van der Waals surface area contributed by atoms with Gasteiger partial charge in [-0.1, -0.05) is 11.3 Å². The van der Waals surface area contributed by atoms with Gasteiger partial charge >= 0.3 is 0 Å². The van der Waals surface area contributed by atoms with E-state index in [1.165, 1.54) is 35.8 Å². The number of benzene rings is 1. The number of fused-ring (bicyclic) bond motifs is 2. The molecule has 1 aromatic carbocycles. The van der Waals surface area contributed by atoms with Crippen molar-refractivity contribution >= 4 is 32.6 Å². The van der Waals surface area contributed by atoms with Gasteiger partial charge in [-0.3, -0.25) is 10.1 Å². The highest BCUT2D eigenvalue weighted by Gasteiger charge is 2.16. The van der Waals surface area contributed by atoms with E-state index in [9.17, 15) is 4.79 Å². The van der Waals surface area contributed by atoms with Crippen molar-refractivity contribution in [3.63, 3.8) is 0 Å². The van der Waals surface area contributed by atoms with Crippen LogP contribution >= 0.6 is 11.3 Å². The summed E-state index contributed by atoms with van der Waals surface area (Å²) < 4.78 is 1.09. The third-order valence-corrected chi connectivity index (χ3v) is 4.15. The Bertz CT molecular complexity index is 578. The van der Waals surface area contributed by atoms with E-state index in [-0.39, 0.29) is 0 Å². The van der Waals surface area contributed by atoms with Crippen LogP contribution in [0.4, 0.5) is 5.13 Å². The normalized spacial score (nSPS) is 15.7. The van der Waals surface area contributed by atoms with Gasteiger partial charge in [-0.05, 0) is 49.4 Å². The Kier molecular flexibility index (Phi) is 2.80. The number of nitrogens with one attached hydrogen (secondary N) is 1. The van der Waals surface area contributed by atoms with Gasteiger partial charge in [0, 0.05) is 0 Å². The number of rotatable bonds is 2. The van der Waals surface area contributed by atoms with Gasteiger partial charge in [0.2, 0.25) is 0 Å². The molecule has 1 heterocycles. The van der Waals surface area contributed by atoms with E-state index in [1.54, 1.807) is 0 Å². The lowest BCUT2D eigenvalue weighted by atomic mass is 10.1. The predicted molar refractivity (Wildman–Crippen MR) is 72.0 cm³/mol. The molecule has 18 heavy (non-hydrogen) atoms. The largest absolute Gasteiger partial charge is 0.384 e. The van der Waals surface area contributed by atoms with Crippen molar-refractivity contribution in [3.05, 3.63) is 23.3 Å². The second-order valence-electron chi connectivity index (χ2n) is 4.63. The minimum absolute atomic E-state index is 0.415. The Morgan fingerprint density at radius 2 is 2.17 bits per heavy atom. The van der Waals surface area contributed by atoms with Gasteiger partial charge in [-0.2, -0.15) is 0 Å². The summed E-state index contributed by atoms with van der Waals surface area (Å²) in [5.41, 5.74) is 3.71. The number of nitrogens with zero attached hydrogens (tertiary/aromatic N) is 1. The molecule has 0 saturated carbocycles. The first-order chi connectivity index (χ1) is 8.63. The predicted octanol–water partition coefficient (Wildman–Crippen LogP) is 2.10. The molecule has 0 aliphatic heterocycles. The summed E-state index contributed by atoms with van der Waals surface area (Å²) in [4.78, 5) is 15.8. The number of aryl methyl sites for hydroxylation is 2. The van der Waals surface area contributed by atoms with Crippen LogP contribution in [0.3, 0.4) is 0 Å². The van der Waals surface area contributed by atoms with E-state index < -0.39 is 12.0 Å². The van der Waals surface area contributed by atoms with Crippen molar-refractivity contribution in [3.8, 4) is 0 Å². The topological polar surface area (TPSA) is 62.2 Å². The maximum Gasteiger partial charge on any atom is 0.254 e. The van der Waals surface area contributed by atoms with Gasteiger partial charge in [-0.25, -0.2) is 4.98 Å². The summed E-state index contributed by atoms with van der Waals surface area (Å²) in [6.45, 7) is 1.44. The van der Waals surface area contributed by atoms with Crippen LogP contribution in [-0.4, -0.2) is 22.1 Å². The lowest BCUT2D eigenvalue weighted by Crippen LogP contribution is -2.24. The van der Waals surface area contributed by atoms with Crippen LogP contribution in [0.1, 0.15) is 24.5 Å². The Labute approximate surface area is 109 Å². The van der Waals surface area contributed by atoms with E-state index in [4.69, 9.17) is 5.11 Å². The first kappa shape index (κ1) is 11.6. The molecule has 0 unspecified atom stereocenters. The highest BCUT2D eigenvalue weighted by Crippen LogP contribution is 2.32. The van der Waals surface area contributed by atoms with Gasteiger partial charge in [0.1, 0.15) is 6.10 Å². The SMILES string of the molecule is C[C@@H](O)C(=O)Nc1nc2cc3c(cc2s1)CCC3. The average Bonchev–Trinajstić information content (AvgIpc) is 2.89. The lowest BCUT2D eigenvalue weighted by Gasteiger charge is -2.02. The van der Waals surface area contributed by atoms with Gasteiger partial charge in [0.15, 0.2) is 5.13 Å². The molecule has 0 saturated heterocycles. The zero-order valence-electron chi connectivity index (χ0n) is 10.1. The fraction of sp³-hybridized carbons (Fsp3) is 0.385. The molecule has 2 aromatic rings. The van der Waals surface area contributed by atoms with E-state index in [2.05, 4.69) is 22.4 Å². The maximum atomic E-state index is 11.4. The van der Waals surface area contributed by atoms with Crippen LogP contribution in [-0.2, 0) is 17.6 Å². The molecule has 5 heteroatoms. The number of carbonyl (C=O) groups excluding carboxylic acids is 1. The Hall–Kier alpha value is -1.46. The number of anilines is 1. The summed E-state index contributed by atoms with van der Waals surface area (Å²) in [5.74, 6) is -0.415. The van der Waals surface area contributed by atoms with Crippen molar-refractivity contribution in [2.24, 2.45) is 0 Å². The molecule has 94 valence electrons. The summed E-state index contributed by atoms with van der Waals surface area (Å²) in [5, 5.41) is 12.3. The third-order valence-electron chi connectivity index (χ3n) is 3.21. The second kappa shape index (κ2) is 4.33. The molecule has 1 amide bonds. The zero-order valence-corrected chi connectivity index (χ0v) is 10.9. The molecule has 0 fully saturated rings. The van der Waals surface area contributed by atoms with Crippen molar-refractivity contribution in [2.75, 3.05) is 5.32 Å². The smallest absolute Gasteiger partial charge is 0.254 e. The van der Waals surface area contributed by atoms with Gasteiger partial charge < -0.3 is 5.11 Å². The Balaban J connectivity index is 1.94. The van der Waals surface area contributed by atoms with Crippen molar-refractivity contribution in [1.82, 2.24) is 4.98 Å². The molecule has 0 radical (unpaired) electrons. The zero-order chi connectivity index (χ0) is 12.7. The summed E-state index contributed by atoms with van der Waals surface area (Å²) in [7, 11) is 0. The number of aliphatic hydroxyl groups is 1. The van der Waals surface area contributed by atoms with Crippen molar-refractivity contribution in [2.45, 2.75) is 32.3 Å². The monoisotopic (exact) mass is 262 g/mol. The highest BCUT2D eigenvalue weighted by molar-refractivity contribution is 7.22. The van der Waals surface area contributed by atoms with E-state index in [0.717, 1.165) is 23.1 Å². The van der Waals surface area contributed by atoms with E-state index in [0.29, 0.717) is 5.13 Å². The quantitative estimate of drug-likeness (QED) is 0.871. The molecular formula is C13H14N2O2S. The molecule has 1 atom stereocenters. The number of amides is 1. The van der Waals surface area contributed by atoms with Crippen molar-refractivity contribution < 1.29 is 9.90 Å². The fourth-order valence-corrected chi connectivity index (χ4v) is 3.17. The Morgan fingerprint density at radius 1 is 1.44 bits per heavy atom. The van der Waals surface area contributed by atoms with Gasteiger partial charge in [0.25, 0.3) is 5.91 Å². The van der Waals surface area contributed by atoms with Crippen LogP contribution in [0.25, 0.3) is 10.2 Å². The van der Waals surface area contributed by atoms with Crippen LogP contribution in [0.15, 0.2) is 12.1 Å². The minimum atomic E-state index is -1.01. The number of aromatic nitrogens is 1. The molecule has 1 aliphatic carbocycles. The van der Waals surface area contributed by atoms with Gasteiger partial charge in [0.05, 0.1) is 10.2 Å². The fourth-order valence-electron chi connectivity index (χ4n) is 2.26. The van der Waals surface area contributed by atoms with Crippen molar-refractivity contribution in [1.29, 1.82) is 0 Å². The molecule has 4 nitrogen and oxygen atoms in total. The minimum Gasteiger partial charge on any atom is -0.384 e. The summed E-state index contributed by atoms with van der Waals surface area (Å²) in [6.07, 6.45) is 2.47. The standard InChI is InChI=1S/C13H14N2O2S/c1-7(16)12(17)15-13-14-10-5-8-3-2-4-9(8)6-11(10)18-13/h5-7,16H,2-4H2,1H3,(H,14,15,17)/t7-/m1/s1. The first-order valence-corrected chi connectivity index (χ1v) is 6.86. The number of carbonyl (C=O) groups is 1. The number of aliphatic hydroxyl groups excluding tert-OH is 1. The third kappa shape index (κ3) is 2.00. The number of hydrogen-bond donors (Lipinski definition) is 2. The van der Waals surface area contributed by atoms with Crippen LogP contribution in [0, 0.1) is 0 Å². The van der Waals surface area contributed by atoms with E-state index in [1.807, 2.05) is 0 Å². The Morgan fingerprint density at radius 3 is 2.89 bits per heavy atom. The summed E-state index contributed by atoms with van der Waals surface area (Å²) in [6, 6.07) is 4.29. The molecule has 0 spiro atoms. The molecule has 1 aromatic heterocycles. The molecule has 3 rings (SSSR count). The lowest BCUT2D eigenvalue weighted by molar-refractivity contribution is -0.123. The van der Waals surface area contributed by atoms with Crippen LogP contribution in [0.5, 0.6) is 0 Å². The second-order valence-corrected chi connectivity index (χ2v) is 5.66. The molecule has 0 bridgehead atoms. The van der Waals surface area contributed by atoms with E-state index >= 15 is 0 Å². The molecule has 1 aliphatic rings. The number of hydrogen-bond acceptors (Lipinski definition) is 4. The first-order valence-electron chi connectivity index (χ1n) is 6.05. The van der Waals surface area contributed by atoms with Crippen LogP contribution in [0.2, 0.25) is 0 Å².